The van der Waals surface area contributed by atoms with E-state index >= 15 is 0 Å². The van der Waals surface area contributed by atoms with Crippen molar-refractivity contribution in [2.75, 3.05) is 0 Å². The molecule has 1 aliphatic heterocycles. The quantitative estimate of drug-likeness (QED) is 0.484. The van der Waals surface area contributed by atoms with E-state index in [0.717, 1.165) is 20.8 Å². The van der Waals surface area contributed by atoms with Gasteiger partial charge in [-0.2, -0.15) is 0 Å². The SMILES string of the molecule is CC(=O)OC1O[C@H](C(O)C(=O)OC(C)C)[C@H](OC(C)=O)[C@H]1OC(C)=O. The second kappa shape index (κ2) is 8.77. The lowest BCUT2D eigenvalue weighted by molar-refractivity contribution is -0.201. The Morgan fingerprint density at radius 3 is 1.80 bits per heavy atom. The second-order valence-corrected chi connectivity index (χ2v) is 5.66. The fourth-order valence-corrected chi connectivity index (χ4v) is 2.24. The molecule has 0 spiro atoms. The summed E-state index contributed by atoms with van der Waals surface area (Å²) >= 11 is 0. The second-order valence-electron chi connectivity index (χ2n) is 5.66. The number of esters is 4. The minimum atomic E-state index is -1.86. The normalized spacial score (nSPS) is 26.7. The Labute approximate surface area is 144 Å². The minimum Gasteiger partial charge on any atom is -0.461 e. The zero-order valence-electron chi connectivity index (χ0n) is 14.6. The van der Waals surface area contributed by atoms with Crippen LogP contribution in [0.2, 0.25) is 0 Å². The molecule has 0 aliphatic carbocycles. The smallest absolute Gasteiger partial charge is 0.338 e. The highest BCUT2D eigenvalue weighted by molar-refractivity contribution is 5.76. The van der Waals surface area contributed by atoms with Crippen LogP contribution in [0.1, 0.15) is 34.6 Å². The number of carbonyl (C=O) groups is 4. The summed E-state index contributed by atoms with van der Waals surface area (Å²) in [4.78, 5) is 45.8. The number of carbonyl (C=O) groups excluding carboxylic acids is 4. The van der Waals surface area contributed by atoms with Crippen LogP contribution in [0, 0.1) is 0 Å². The van der Waals surface area contributed by atoms with Gasteiger partial charge >= 0.3 is 23.9 Å². The molecule has 5 atom stereocenters. The van der Waals surface area contributed by atoms with Crippen LogP contribution in [-0.2, 0) is 42.9 Å². The first-order valence-corrected chi connectivity index (χ1v) is 7.58. The van der Waals surface area contributed by atoms with Crippen molar-refractivity contribution in [1.29, 1.82) is 0 Å². The van der Waals surface area contributed by atoms with Crippen LogP contribution in [-0.4, -0.2) is 65.8 Å². The van der Waals surface area contributed by atoms with E-state index in [0.29, 0.717) is 0 Å². The van der Waals surface area contributed by atoms with Crippen molar-refractivity contribution in [2.24, 2.45) is 0 Å². The maximum absolute atomic E-state index is 11.9. The Kier molecular flexibility index (Phi) is 7.31. The topological polar surface area (TPSA) is 135 Å². The van der Waals surface area contributed by atoms with Crippen LogP contribution in [0.5, 0.6) is 0 Å². The Morgan fingerprint density at radius 1 is 0.880 bits per heavy atom. The molecule has 0 radical (unpaired) electrons. The summed E-state index contributed by atoms with van der Waals surface area (Å²) in [5.74, 6) is -3.32. The van der Waals surface area contributed by atoms with E-state index in [-0.39, 0.29) is 0 Å². The van der Waals surface area contributed by atoms with Crippen molar-refractivity contribution in [2.45, 2.75) is 71.4 Å². The van der Waals surface area contributed by atoms with Crippen molar-refractivity contribution in [1.82, 2.24) is 0 Å². The van der Waals surface area contributed by atoms with Crippen LogP contribution in [0.4, 0.5) is 0 Å². The van der Waals surface area contributed by atoms with Crippen molar-refractivity contribution in [3.05, 3.63) is 0 Å². The lowest BCUT2D eigenvalue weighted by Crippen LogP contribution is -2.47. The van der Waals surface area contributed by atoms with Gasteiger partial charge in [-0.15, -0.1) is 0 Å². The first kappa shape index (κ1) is 20.8. The predicted octanol–water partition coefficient (Wildman–Crippen LogP) is -0.550. The highest BCUT2D eigenvalue weighted by Gasteiger charge is 2.55. The van der Waals surface area contributed by atoms with Crippen LogP contribution < -0.4 is 0 Å². The average molecular weight is 362 g/mol. The number of ether oxygens (including phenoxy) is 5. The Bertz CT molecular complexity index is 528. The minimum absolute atomic E-state index is 0.510. The molecule has 0 aromatic heterocycles. The highest BCUT2D eigenvalue weighted by atomic mass is 16.8. The van der Waals surface area contributed by atoms with Gasteiger partial charge in [0.05, 0.1) is 6.10 Å². The maximum atomic E-state index is 11.9. The third kappa shape index (κ3) is 5.98. The molecular weight excluding hydrogens is 340 g/mol. The maximum Gasteiger partial charge on any atom is 0.338 e. The van der Waals surface area contributed by atoms with Crippen LogP contribution in [0.15, 0.2) is 0 Å². The summed E-state index contributed by atoms with van der Waals surface area (Å²) in [6.45, 7) is 6.41. The summed E-state index contributed by atoms with van der Waals surface area (Å²) in [5.41, 5.74) is 0. The zero-order chi connectivity index (χ0) is 19.3. The number of aliphatic hydroxyl groups is 1. The van der Waals surface area contributed by atoms with Crippen molar-refractivity contribution in [3.8, 4) is 0 Å². The zero-order valence-corrected chi connectivity index (χ0v) is 14.6. The molecule has 10 nitrogen and oxygen atoms in total. The number of rotatable bonds is 6. The molecule has 10 heteroatoms. The molecule has 0 aromatic rings. The molecule has 1 heterocycles. The van der Waals surface area contributed by atoms with Gasteiger partial charge in [-0.25, -0.2) is 4.79 Å². The molecular formula is C15H22O10. The van der Waals surface area contributed by atoms with Crippen LogP contribution >= 0.6 is 0 Å². The summed E-state index contributed by atoms with van der Waals surface area (Å²) in [6, 6.07) is 0. The van der Waals surface area contributed by atoms with Gasteiger partial charge in [-0.1, -0.05) is 0 Å². The first-order valence-electron chi connectivity index (χ1n) is 7.58. The largest absolute Gasteiger partial charge is 0.461 e. The Balaban J connectivity index is 3.10. The molecule has 0 aromatic carbocycles. The fraction of sp³-hybridized carbons (Fsp3) is 0.733. The molecule has 0 saturated carbocycles. The average Bonchev–Trinajstić information content (AvgIpc) is 2.74. The van der Waals surface area contributed by atoms with E-state index in [1.54, 1.807) is 13.8 Å². The van der Waals surface area contributed by atoms with E-state index in [1.807, 2.05) is 0 Å². The van der Waals surface area contributed by atoms with E-state index < -0.39 is 60.7 Å². The first-order chi connectivity index (χ1) is 11.5. The fourth-order valence-electron chi connectivity index (χ4n) is 2.24. The molecule has 1 N–H and O–H groups in total. The summed E-state index contributed by atoms with van der Waals surface area (Å²) in [5, 5.41) is 10.2. The highest BCUT2D eigenvalue weighted by Crippen LogP contribution is 2.30. The van der Waals surface area contributed by atoms with Crippen LogP contribution in [0.3, 0.4) is 0 Å². The molecule has 2 unspecified atom stereocenters. The molecule has 1 aliphatic rings. The van der Waals surface area contributed by atoms with E-state index in [2.05, 4.69) is 0 Å². The van der Waals surface area contributed by atoms with Gasteiger partial charge < -0.3 is 28.8 Å². The van der Waals surface area contributed by atoms with Gasteiger partial charge in [0.1, 0.15) is 6.10 Å². The lowest BCUT2D eigenvalue weighted by Gasteiger charge is -2.24. The monoisotopic (exact) mass is 362 g/mol. The Hall–Kier alpha value is -2.20. The van der Waals surface area contributed by atoms with Crippen molar-refractivity contribution in [3.63, 3.8) is 0 Å². The third-order valence-corrected chi connectivity index (χ3v) is 3.00. The van der Waals surface area contributed by atoms with Gasteiger partial charge in [-0.3, -0.25) is 14.4 Å². The molecule has 0 amide bonds. The Morgan fingerprint density at radius 2 is 1.36 bits per heavy atom. The van der Waals surface area contributed by atoms with E-state index in [4.69, 9.17) is 23.7 Å². The van der Waals surface area contributed by atoms with Gasteiger partial charge in [0, 0.05) is 20.8 Å². The van der Waals surface area contributed by atoms with E-state index in [9.17, 15) is 24.3 Å². The summed E-state index contributed by atoms with van der Waals surface area (Å²) in [7, 11) is 0. The third-order valence-electron chi connectivity index (χ3n) is 3.00. The van der Waals surface area contributed by atoms with Gasteiger partial charge in [-0.05, 0) is 13.8 Å². The van der Waals surface area contributed by atoms with Gasteiger partial charge in [0.25, 0.3) is 0 Å². The van der Waals surface area contributed by atoms with Gasteiger partial charge in [0.2, 0.25) is 12.4 Å². The lowest BCUT2D eigenvalue weighted by atomic mass is 10.1. The summed E-state index contributed by atoms with van der Waals surface area (Å²) in [6.07, 6.45) is -8.01. The molecule has 0 bridgehead atoms. The molecule has 142 valence electrons. The summed E-state index contributed by atoms with van der Waals surface area (Å²) < 4.78 is 25.1. The molecule has 1 fully saturated rings. The van der Waals surface area contributed by atoms with Crippen molar-refractivity contribution >= 4 is 23.9 Å². The van der Waals surface area contributed by atoms with Gasteiger partial charge in [0.15, 0.2) is 12.2 Å². The number of hydrogen-bond acceptors (Lipinski definition) is 10. The molecule has 25 heavy (non-hydrogen) atoms. The van der Waals surface area contributed by atoms with Crippen LogP contribution in [0.25, 0.3) is 0 Å². The number of aliphatic hydroxyl groups excluding tert-OH is 1. The molecule has 1 saturated heterocycles. The standard InChI is InChI=1S/C15H22O10/c1-6(2)21-14(20)10(19)11-12(22-7(3)16)13(23-8(4)17)15(25-11)24-9(5)18/h6,10-13,15,19H,1-5H3/t10?,11-,12+,13-,15?/m1/s1. The molecule has 1 rings (SSSR count). The predicted molar refractivity (Wildman–Crippen MR) is 78.8 cm³/mol. The van der Waals surface area contributed by atoms with Crippen molar-refractivity contribution < 1.29 is 48.0 Å². The van der Waals surface area contributed by atoms with E-state index in [1.165, 1.54) is 0 Å². The number of hydrogen-bond donors (Lipinski definition) is 1.